The summed E-state index contributed by atoms with van der Waals surface area (Å²) in [5.41, 5.74) is 4.75. The minimum atomic E-state index is -0.358. The van der Waals surface area contributed by atoms with Crippen LogP contribution in [-0.4, -0.2) is 34.1 Å². The van der Waals surface area contributed by atoms with Gasteiger partial charge in [-0.2, -0.15) is 0 Å². The monoisotopic (exact) mass is 473 g/mol. The standard InChI is InChI=1S/C29H35N3O3/c1-3-35-28(33)24-14-16-25(17-15-24)30-29(34)32(26-11-5-4-6-12-26)21-27-13-8-18-31(27)20-23-10-7-9-22(2)19-23/h7-10,13-19,26H,3-6,11-12,20-21H2,1-2H3,(H,30,34). The Morgan fingerprint density at radius 1 is 1.03 bits per heavy atom. The molecule has 1 aliphatic rings. The fourth-order valence-electron chi connectivity index (χ4n) is 4.79. The minimum absolute atomic E-state index is 0.107. The highest BCUT2D eigenvalue weighted by molar-refractivity contribution is 5.92. The quantitative estimate of drug-likeness (QED) is 0.386. The van der Waals surface area contributed by atoms with Crippen LogP contribution in [0.25, 0.3) is 0 Å². The summed E-state index contributed by atoms with van der Waals surface area (Å²) in [6.07, 6.45) is 7.65. The lowest BCUT2D eigenvalue weighted by atomic mass is 9.94. The minimum Gasteiger partial charge on any atom is -0.462 e. The fourth-order valence-corrected chi connectivity index (χ4v) is 4.79. The van der Waals surface area contributed by atoms with Gasteiger partial charge in [-0.1, -0.05) is 49.1 Å². The number of rotatable bonds is 8. The summed E-state index contributed by atoms with van der Waals surface area (Å²) in [5.74, 6) is -0.358. The van der Waals surface area contributed by atoms with Crippen molar-refractivity contribution in [2.75, 3.05) is 11.9 Å². The Hall–Kier alpha value is -3.54. The van der Waals surface area contributed by atoms with Gasteiger partial charge >= 0.3 is 12.0 Å². The number of esters is 1. The Morgan fingerprint density at radius 3 is 2.51 bits per heavy atom. The highest BCUT2D eigenvalue weighted by Gasteiger charge is 2.26. The van der Waals surface area contributed by atoms with Crippen LogP contribution in [0.3, 0.4) is 0 Å². The molecule has 0 atom stereocenters. The molecule has 0 saturated heterocycles. The number of hydrogen-bond donors (Lipinski definition) is 1. The predicted molar refractivity (Wildman–Crippen MR) is 139 cm³/mol. The molecule has 4 rings (SSSR count). The largest absolute Gasteiger partial charge is 0.462 e. The van der Waals surface area contributed by atoms with Gasteiger partial charge in [0.15, 0.2) is 0 Å². The number of amides is 2. The Kier molecular flexibility index (Phi) is 8.24. The fraction of sp³-hybridized carbons (Fsp3) is 0.379. The van der Waals surface area contributed by atoms with Crippen molar-refractivity contribution in [2.24, 2.45) is 0 Å². The highest BCUT2D eigenvalue weighted by Crippen LogP contribution is 2.25. The zero-order valence-electron chi connectivity index (χ0n) is 20.7. The summed E-state index contributed by atoms with van der Waals surface area (Å²) in [7, 11) is 0. The zero-order valence-corrected chi connectivity index (χ0v) is 20.7. The molecule has 0 aliphatic heterocycles. The molecule has 1 heterocycles. The number of carbonyl (C=O) groups excluding carboxylic acids is 2. The van der Waals surface area contributed by atoms with Crippen molar-refractivity contribution in [2.45, 2.75) is 65.1 Å². The maximum absolute atomic E-state index is 13.5. The average molecular weight is 474 g/mol. The summed E-state index contributed by atoms with van der Waals surface area (Å²) in [6.45, 7) is 5.55. The lowest BCUT2D eigenvalue weighted by Crippen LogP contribution is -2.43. The molecule has 6 nitrogen and oxygen atoms in total. The van der Waals surface area contributed by atoms with E-state index in [1.54, 1.807) is 31.2 Å². The molecule has 1 aromatic heterocycles. The molecule has 0 unspecified atom stereocenters. The maximum atomic E-state index is 13.5. The number of nitrogens with one attached hydrogen (secondary N) is 1. The average Bonchev–Trinajstić information content (AvgIpc) is 3.30. The van der Waals surface area contributed by atoms with Crippen molar-refractivity contribution < 1.29 is 14.3 Å². The number of aryl methyl sites for hydroxylation is 1. The van der Waals surface area contributed by atoms with Crippen LogP contribution in [0, 0.1) is 6.92 Å². The number of carbonyl (C=O) groups is 2. The van der Waals surface area contributed by atoms with Crippen molar-refractivity contribution in [3.05, 3.63) is 89.2 Å². The molecule has 2 amide bonds. The van der Waals surface area contributed by atoms with Gasteiger partial charge in [0, 0.05) is 30.2 Å². The Labute approximate surface area is 207 Å². The topological polar surface area (TPSA) is 63.6 Å². The van der Waals surface area contributed by atoms with Gasteiger partial charge in [0.05, 0.1) is 18.7 Å². The summed E-state index contributed by atoms with van der Waals surface area (Å²) >= 11 is 0. The summed E-state index contributed by atoms with van der Waals surface area (Å²) in [6, 6.07) is 19.7. The third kappa shape index (κ3) is 6.53. The number of urea groups is 1. The Balaban J connectivity index is 1.50. The molecule has 6 heteroatoms. The molecule has 0 bridgehead atoms. The molecule has 0 radical (unpaired) electrons. The molecular formula is C29H35N3O3. The molecule has 1 N–H and O–H groups in total. The van der Waals surface area contributed by atoms with Gasteiger partial charge in [0.2, 0.25) is 0 Å². The second-order valence-corrected chi connectivity index (χ2v) is 9.26. The first-order valence-electron chi connectivity index (χ1n) is 12.6. The molecule has 184 valence electrons. The normalized spacial score (nSPS) is 13.9. The first kappa shape index (κ1) is 24.6. The Bertz CT molecular complexity index is 1130. The summed E-state index contributed by atoms with van der Waals surface area (Å²) in [5, 5.41) is 3.05. The van der Waals surface area contributed by atoms with E-state index in [1.165, 1.54) is 17.5 Å². The molecule has 3 aromatic rings. The van der Waals surface area contributed by atoms with E-state index in [1.807, 2.05) is 4.90 Å². The van der Waals surface area contributed by atoms with Crippen LogP contribution in [0.1, 0.15) is 66.2 Å². The van der Waals surface area contributed by atoms with Gasteiger partial charge in [-0.05, 0) is 68.7 Å². The van der Waals surface area contributed by atoms with Crippen molar-refractivity contribution in [3.8, 4) is 0 Å². The predicted octanol–water partition coefficient (Wildman–Crippen LogP) is 6.39. The first-order chi connectivity index (χ1) is 17.0. The van der Waals surface area contributed by atoms with Gasteiger partial charge in [-0.25, -0.2) is 9.59 Å². The third-order valence-electron chi connectivity index (χ3n) is 6.61. The van der Waals surface area contributed by atoms with Crippen LogP contribution in [0.4, 0.5) is 10.5 Å². The Morgan fingerprint density at radius 2 is 1.80 bits per heavy atom. The van der Waals surface area contributed by atoms with Gasteiger partial charge in [-0.15, -0.1) is 0 Å². The van der Waals surface area contributed by atoms with E-state index in [2.05, 4.69) is 59.4 Å². The molecule has 35 heavy (non-hydrogen) atoms. The number of ether oxygens (including phenoxy) is 1. The van der Waals surface area contributed by atoms with Gasteiger partial charge in [-0.3, -0.25) is 0 Å². The van der Waals surface area contributed by atoms with E-state index < -0.39 is 0 Å². The van der Waals surface area contributed by atoms with Crippen LogP contribution in [0.5, 0.6) is 0 Å². The molecule has 1 fully saturated rings. The van der Waals surface area contributed by atoms with E-state index in [4.69, 9.17) is 4.74 Å². The van der Waals surface area contributed by atoms with E-state index in [0.29, 0.717) is 24.4 Å². The second-order valence-electron chi connectivity index (χ2n) is 9.26. The van der Waals surface area contributed by atoms with Crippen LogP contribution in [0.2, 0.25) is 0 Å². The lowest BCUT2D eigenvalue weighted by Gasteiger charge is -2.34. The molecule has 1 saturated carbocycles. The van der Waals surface area contributed by atoms with Gasteiger partial charge in [0.25, 0.3) is 0 Å². The van der Waals surface area contributed by atoms with Crippen LogP contribution in [-0.2, 0) is 17.8 Å². The summed E-state index contributed by atoms with van der Waals surface area (Å²) in [4.78, 5) is 27.4. The second kappa shape index (κ2) is 11.7. The number of hydrogen-bond acceptors (Lipinski definition) is 3. The molecule has 2 aromatic carbocycles. The highest BCUT2D eigenvalue weighted by atomic mass is 16.5. The number of nitrogens with zero attached hydrogens (tertiary/aromatic N) is 2. The lowest BCUT2D eigenvalue weighted by molar-refractivity contribution is 0.0526. The molecular weight excluding hydrogens is 438 g/mol. The van der Waals surface area contributed by atoms with E-state index in [0.717, 1.165) is 37.9 Å². The van der Waals surface area contributed by atoms with Crippen molar-refractivity contribution in [3.63, 3.8) is 0 Å². The van der Waals surface area contributed by atoms with E-state index >= 15 is 0 Å². The van der Waals surface area contributed by atoms with Crippen molar-refractivity contribution in [1.82, 2.24) is 9.47 Å². The first-order valence-corrected chi connectivity index (χ1v) is 12.6. The molecule has 0 spiro atoms. The summed E-state index contributed by atoms with van der Waals surface area (Å²) < 4.78 is 7.28. The van der Waals surface area contributed by atoms with Gasteiger partial charge in [0.1, 0.15) is 0 Å². The maximum Gasteiger partial charge on any atom is 0.338 e. The van der Waals surface area contributed by atoms with Crippen LogP contribution >= 0.6 is 0 Å². The van der Waals surface area contributed by atoms with E-state index in [9.17, 15) is 9.59 Å². The van der Waals surface area contributed by atoms with Crippen molar-refractivity contribution >= 4 is 17.7 Å². The molecule has 1 aliphatic carbocycles. The number of benzene rings is 2. The van der Waals surface area contributed by atoms with Crippen LogP contribution < -0.4 is 5.32 Å². The van der Waals surface area contributed by atoms with Crippen LogP contribution in [0.15, 0.2) is 66.9 Å². The SMILES string of the molecule is CCOC(=O)c1ccc(NC(=O)N(Cc2cccn2Cc2cccc(C)c2)C2CCCCC2)cc1. The third-order valence-corrected chi connectivity index (χ3v) is 6.61. The van der Waals surface area contributed by atoms with Crippen molar-refractivity contribution in [1.29, 1.82) is 0 Å². The van der Waals surface area contributed by atoms with Gasteiger partial charge < -0.3 is 19.5 Å². The zero-order chi connectivity index (χ0) is 24.6. The number of aromatic nitrogens is 1. The smallest absolute Gasteiger partial charge is 0.338 e. The van der Waals surface area contributed by atoms with E-state index in [-0.39, 0.29) is 18.0 Å². The number of anilines is 1.